The number of carbonyl (C=O) groups is 2. The highest BCUT2D eigenvalue weighted by molar-refractivity contribution is 7.80. The van der Waals surface area contributed by atoms with Crippen LogP contribution >= 0.6 is 12.2 Å². The van der Waals surface area contributed by atoms with E-state index in [1.54, 1.807) is 43.4 Å². The summed E-state index contributed by atoms with van der Waals surface area (Å²) in [5.41, 5.74) is 0.659. The molecule has 126 valence electrons. The summed E-state index contributed by atoms with van der Waals surface area (Å²) < 4.78 is 0. The molecule has 0 bridgehead atoms. The van der Waals surface area contributed by atoms with Gasteiger partial charge >= 0.3 is 0 Å². The Morgan fingerprint density at radius 3 is 2.44 bits per heavy atom. The smallest absolute Gasteiger partial charge is 0.280 e. The number of aromatic carboxylic acids is 1. The van der Waals surface area contributed by atoms with Gasteiger partial charge in [-0.2, -0.15) is 10.2 Å². The molecule has 1 heterocycles. The number of hydrogen-bond donors (Lipinski definition) is 0. The lowest BCUT2D eigenvalue weighted by molar-refractivity contribution is -0.254. The van der Waals surface area contributed by atoms with E-state index in [9.17, 15) is 14.7 Å². The van der Waals surface area contributed by atoms with E-state index in [1.165, 1.54) is 21.9 Å². The van der Waals surface area contributed by atoms with Gasteiger partial charge in [0.1, 0.15) is 0 Å². The molecule has 8 heteroatoms. The fraction of sp³-hybridized carbons (Fsp3) is 0.118. The quantitative estimate of drug-likeness (QED) is 0.617. The van der Waals surface area contributed by atoms with Crippen LogP contribution in [0.25, 0.3) is 0 Å². The molecule has 1 aliphatic rings. The topological polar surface area (TPSA) is 88.4 Å². The highest BCUT2D eigenvalue weighted by atomic mass is 32.1. The number of carboxylic acids is 1. The van der Waals surface area contributed by atoms with Gasteiger partial charge < -0.3 is 14.8 Å². The average molecular weight is 353 g/mol. The van der Waals surface area contributed by atoms with Crippen LogP contribution in [0.15, 0.2) is 64.8 Å². The summed E-state index contributed by atoms with van der Waals surface area (Å²) >= 11 is 5.32. The van der Waals surface area contributed by atoms with E-state index in [0.717, 1.165) is 0 Å². The normalized spacial score (nSPS) is 17.6. The average Bonchev–Trinajstić information content (AvgIpc) is 2.83. The second-order valence-corrected chi connectivity index (χ2v) is 5.66. The van der Waals surface area contributed by atoms with Crippen LogP contribution in [0.2, 0.25) is 0 Å². The Morgan fingerprint density at radius 2 is 1.76 bits per heavy atom. The third-order valence-electron chi connectivity index (χ3n) is 3.71. The van der Waals surface area contributed by atoms with E-state index in [4.69, 9.17) is 12.2 Å². The van der Waals surface area contributed by atoms with Crippen molar-refractivity contribution < 1.29 is 14.7 Å². The molecule has 0 spiro atoms. The molecule has 7 nitrogen and oxygen atoms in total. The van der Waals surface area contributed by atoms with Gasteiger partial charge in [0, 0.05) is 12.6 Å². The van der Waals surface area contributed by atoms with Crippen LogP contribution in [0.1, 0.15) is 10.4 Å². The van der Waals surface area contributed by atoms with E-state index in [1.807, 2.05) is 6.07 Å². The zero-order chi connectivity index (χ0) is 18.0. The molecule has 1 aliphatic heterocycles. The first-order chi connectivity index (χ1) is 12.0. The van der Waals surface area contributed by atoms with Crippen LogP contribution in [0, 0.1) is 0 Å². The van der Waals surface area contributed by atoms with Crippen molar-refractivity contribution in [2.24, 2.45) is 10.2 Å². The zero-order valence-corrected chi connectivity index (χ0v) is 14.0. The Balaban J connectivity index is 1.90. The molecule has 3 rings (SSSR count). The second kappa shape index (κ2) is 6.78. The Kier molecular flexibility index (Phi) is 4.53. The first-order valence-electron chi connectivity index (χ1n) is 7.37. The van der Waals surface area contributed by atoms with E-state index in [0.29, 0.717) is 10.8 Å². The maximum absolute atomic E-state index is 12.7. The minimum Gasteiger partial charge on any atom is -0.545 e. The lowest BCUT2D eigenvalue weighted by atomic mass is 10.2. The lowest BCUT2D eigenvalue weighted by Crippen LogP contribution is -2.30. The zero-order valence-electron chi connectivity index (χ0n) is 13.2. The second-order valence-electron chi connectivity index (χ2n) is 5.30. The third-order valence-corrected chi connectivity index (χ3v) is 4.18. The maximum Gasteiger partial charge on any atom is 0.280 e. The highest BCUT2D eigenvalue weighted by Crippen LogP contribution is 2.26. The van der Waals surface area contributed by atoms with Crippen LogP contribution in [0.5, 0.6) is 0 Å². The van der Waals surface area contributed by atoms with Crippen molar-refractivity contribution in [1.82, 2.24) is 4.90 Å². The summed E-state index contributed by atoms with van der Waals surface area (Å²) in [5.74, 6) is -1.71. The summed E-state index contributed by atoms with van der Waals surface area (Å²) in [6.07, 6.45) is -0.956. The van der Waals surface area contributed by atoms with Crippen LogP contribution in [0.3, 0.4) is 0 Å². The molecule has 0 aromatic heterocycles. The molecule has 0 saturated carbocycles. The van der Waals surface area contributed by atoms with E-state index >= 15 is 0 Å². The molecule has 25 heavy (non-hydrogen) atoms. The van der Waals surface area contributed by atoms with Crippen molar-refractivity contribution in [3.05, 3.63) is 60.2 Å². The number of rotatable bonds is 4. The van der Waals surface area contributed by atoms with Gasteiger partial charge in [0.2, 0.25) is 6.17 Å². The molecular formula is C17H13N4O3S-. The summed E-state index contributed by atoms with van der Waals surface area (Å²) in [7, 11) is 1.64. The van der Waals surface area contributed by atoms with Crippen LogP contribution in [0.4, 0.5) is 11.4 Å². The first kappa shape index (κ1) is 16.7. The van der Waals surface area contributed by atoms with Crippen molar-refractivity contribution in [3.8, 4) is 0 Å². The van der Waals surface area contributed by atoms with Gasteiger partial charge in [-0.25, -0.2) is 0 Å². The predicted molar refractivity (Wildman–Crippen MR) is 93.4 cm³/mol. The standard InChI is InChI=1S/C17H14N4O3S/c1-20-14(19-18-13-10-6-5-9-12(13)16(23)24)15(22)21(17(20)25)11-7-3-2-4-8-11/h2-10,14H,1H3,(H,23,24)/p-1/t14-/m1/s1. The van der Waals surface area contributed by atoms with Gasteiger partial charge in [0.15, 0.2) is 5.11 Å². The number of carboxylic acid groups (broad SMARTS) is 1. The third kappa shape index (κ3) is 3.11. The van der Waals surface area contributed by atoms with Crippen LogP contribution < -0.4 is 10.0 Å². The van der Waals surface area contributed by atoms with Crippen molar-refractivity contribution in [2.45, 2.75) is 6.17 Å². The molecule has 0 radical (unpaired) electrons. The van der Waals surface area contributed by atoms with Gasteiger partial charge in [-0.3, -0.25) is 9.69 Å². The molecule has 0 N–H and O–H groups in total. The Bertz CT molecular complexity index is 869. The van der Waals surface area contributed by atoms with Gasteiger partial charge in [0.05, 0.1) is 17.3 Å². The van der Waals surface area contributed by atoms with Crippen molar-refractivity contribution >= 4 is 40.6 Å². The molecule has 0 unspecified atom stereocenters. The molecule has 1 atom stereocenters. The Labute approximate surface area is 149 Å². The summed E-state index contributed by atoms with van der Waals surface area (Å²) in [4.78, 5) is 26.7. The number of amides is 1. The van der Waals surface area contributed by atoms with Gasteiger partial charge in [-0.05, 0) is 30.4 Å². The fourth-order valence-corrected chi connectivity index (χ4v) is 2.72. The minimum atomic E-state index is -1.36. The molecule has 1 fully saturated rings. The number of carbonyl (C=O) groups excluding carboxylic acids is 2. The number of likely N-dealkylation sites (N-methyl/N-ethyl adjacent to an activating group) is 1. The Morgan fingerprint density at radius 1 is 1.12 bits per heavy atom. The summed E-state index contributed by atoms with van der Waals surface area (Å²) in [5, 5.41) is 19.3. The number of anilines is 1. The van der Waals surface area contributed by atoms with Crippen LogP contribution in [-0.2, 0) is 4.79 Å². The van der Waals surface area contributed by atoms with E-state index < -0.39 is 12.1 Å². The van der Waals surface area contributed by atoms with E-state index in [2.05, 4.69) is 10.2 Å². The first-order valence-corrected chi connectivity index (χ1v) is 7.78. The number of azo groups is 1. The maximum atomic E-state index is 12.7. The molecular weight excluding hydrogens is 340 g/mol. The molecule has 1 amide bonds. The monoisotopic (exact) mass is 353 g/mol. The molecule has 1 saturated heterocycles. The predicted octanol–water partition coefficient (Wildman–Crippen LogP) is 1.72. The highest BCUT2D eigenvalue weighted by Gasteiger charge is 2.41. The largest absolute Gasteiger partial charge is 0.545 e. The number of hydrogen-bond acceptors (Lipinski definition) is 6. The van der Waals surface area contributed by atoms with Crippen LogP contribution in [-0.4, -0.2) is 35.1 Å². The SMILES string of the molecule is CN1C(=S)N(c2ccccc2)C(=O)[C@@H]1N=Nc1ccccc1C(=O)[O-]. The summed E-state index contributed by atoms with van der Waals surface area (Å²) in [6.45, 7) is 0. The molecule has 2 aromatic rings. The Hall–Kier alpha value is -3.13. The van der Waals surface area contributed by atoms with Gasteiger partial charge in [-0.15, -0.1) is 0 Å². The molecule has 2 aromatic carbocycles. The minimum absolute atomic E-state index is 0.0955. The lowest BCUT2D eigenvalue weighted by Gasteiger charge is -2.16. The van der Waals surface area contributed by atoms with Crippen molar-refractivity contribution in [2.75, 3.05) is 11.9 Å². The molecule has 0 aliphatic carbocycles. The number of nitrogens with zero attached hydrogens (tertiary/aromatic N) is 4. The van der Waals surface area contributed by atoms with Gasteiger partial charge in [0.25, 0.3) is 5.91 Å². The van der Waals surface area contributed by atoms with Gasteiger partial charge in [-0.1, -0.05) is 36.4 Å². The summed E-state index contributed by atoms with van der Waals surface area (Å²) in [6, 6.07) is 15.0. The van der Waals surface area contributed by atoms with Crippen molar-refractivity contribution in [1.29, 1.82) is 0 Å². The number of thiocarbonyl (C=S) groups is 1. The van der Waals surface area contributed by atoms with E-state index in [-0.39, 0.29) is 17.2 Å². The number of benzene rings is 2. The number of para-hydroxylation sites is 1. The fourth-order valence-electron chi connectivity index (χ4n) is 2.43. The van der Waals surface area contributed by atoms with Crippen molar-refractivity contribution in [3.63, 3.8) is 0 Å².